The number of rotatable bonds is 15. The average Bonchev–Trinajstić information content (AvgIpc) is 2.71. The average molecular weight is 365 g/mol. The van der Waals surface area contributed by atoms with Crippen molar-refractivity contribution >= 4 is 10.8 Å². The Hall–Kier alpha value is -1.56. The Morgan fingerprint density at radius 3 is 1.89 bits per heavy atom. The summed E-state index contributed by atoms with van der Waals surface area (Å²) in [6.07, 6.45) is 20.3. The molecule has 1 atom stereocenters. The number of unbranched alkanes of at least 4 members (excludes halogenated alkanes) is 11. The van der Waals surface area contributed by atoms with Crippen LogP contribution in [0.15, 0.2) is 55.1 Å². The van der Waals surface area contributed by atoms with E-state index in [0.29, 0.717) is 5.92 Å². The van der Waals surface area contributed by atoms with E-state index in [1.54, 1.807) is 0 Å². The van der Waals surface area contributed by atoms with Gasteiger partial charge in [0.25, 0.3) is 0 Å². The van der Waals surface area contributed by atoms with Crippen molar-refractivity contribution in [1.82, 2.24) is 0 Å². The first-order valence-corrected chi connectivity index (χ1v) is 11.5. The van der Waals surface area contributed by atoms with Gasteiger partial charge in [-0.25, -0.2) is 0 Å². The van der Waals surface area contributed by atoms with Gasteiger partial charge in [-0.05, 0) is 22.8 Å². The fraction of sp³-hybridized carbons (Fsp3) is 0.556. The fourth-order valence-corrected chi connectivity index (χ4v) is 4.18. The molecule has 0 spiro atoms. The zero-order chi connectivity index (χ0) is 19.2. The first-order chi connectivity index (χ1) is 13.4. The Labute approximate surface area is 168 Å². The molecular formula is C27H40. The Balaban J connectivity index is 1.60. The van der Waals surface area contributed by atoms with Gasteiger partial charge >= 0.3 is 0 Å². The summed E-state index contributed by atoms with van der Waals surface area (Å²) in [5.74, 6) is 0.485. The second-order valence-electron chi connectivity index (χ2n) is 8.09. The number of benzene rings is 2. The third-order valence-corrected chi connectivity index (χ3v) is 5.88. The van der Waals surface area contributed by atoms with Gasteiger partial charge in [0.1, 0.15) is 0 Å². The van der Waals surface area contributed by atoms with Gasteiger partial charge in [-0.2, -0.15) is 0 Å². The van der Waals surface area contributed by atoms with E-state index in [-0.39, 0.29) is 0 Å². The number of fused-ring (bicyclic) bond motifs is 1. The lowest BCUT2D eigenvalue weighted by molar-refractivity contribution is 0.535. The fourth-order valence-electron chi connectivity index (χ4n) is 4.18. The van der Waals surface area contributed by atoms with Crippen LogP contribution in [-0.2, 0) is 0 Å². The minimum Gasteiger partial charge on any atom is -0.102 e. The smallest absolute Gasteiger partial charge is 0.00214 e. The summed E-state index contributed by atoms with van der Waals surface area (Å²) < 4.78 is 0. The number of hydrogen-bond donors (Lipinski definition) is 0. The zero-order valence-corrected chi connectivity index (χ0v) is 17.6. The van der Waals surface area contributed by atoms with E-state index in [0.717, 1.165) is 0 Å². The summed E-state index contributed by atoms with van der Waals surface area (Å²) in [6, 6.07) is 15.4. The lowest BCUT2D eigenvalue weighted by Crippen LogP contribution is -1.96. The lowest BCUT2D eigenvalue weighted by atomic mass is 9.89. The number of allylic oxidation sites excluding steroid dienone is 1. The van der Waals surface area contributed by atoms with E-state index >= 15 is 0 Å². The maximum atomic E-state index is 4.12. The maximum Gasteiger partial charge on any atom is 0.00214 e. The summed E-state index contributed by atoms with van der Waals surface area (Å²) in [5, 5.41) is 2.74. The summed E-state index contributed by atoms with van der Waals surface area (Å²) in [4.78, 5) is 0. The van der Waals surface area contributed by atoms with Crippen molar-refractivity contribution in [3.8, 4) is 0 Å². The van der Waals surface area contributed by atoms with Crippen molar-refractivity contribution in [2.75, 3.05) is 0 Å². The molecule has 0 aliphatic rings. The van der Waals surface area contributed by atoms with Gasteiger partial charge in [0.05, 0.1) is 0 Å². The van der Waals surface area contributed by atoms with Crippen molar-refractivity contribution < 1.29 is 0 Å². The third-order valence-electron chi connectivity index (χ3n) is 5.88. The van der Waals surface area contributed by atoms with Crippen LogP contribution in [0.4, 0.5) is 0 Å². The van der Waals surface area contributed by atoms with Crippen molar-refractivity contribution in [2.45, 2.75) is 96.3 Å². The molecule has 1 unspecified atom stereocenters. The van der Waals surface area contributed by atoms with Crippen molar-refractivity contribution in [3.05, 3.63) is 60.7 Å². The monoisotopic (exact) mass is 364 g/mol. The molecule has 0 aliphatic carbocycles. The normalized spacial score (nSPS) is 12.3. The second kappa shape index (κ2) is 13.6. The SMILES string of the molecule is C=CC(CCCCCCCCCCCCCC)c1cccc2ccccc12. The van der Waals surface area contributed by atoms with Gasteiger partial charge in [-0.3, -0.25) is 0 Å². The van der Waals surface area contributed by atoms with Gasteiger partial charge in [-0.1, -0.05) is 133 Å². The number of hydrogen-bond acceptors (Lipinski definition) is 0. The summed E-state index contributed by atoms with van der Waals surface area (Å²) in [5.41, 5.74) is 1.45. The standard InChI is InChI=1S/C27H40/c1-3-5-6-7-8-9-10-11-12-13-14-15-19-24(4-2)26-23-18-21-25-20-16-17-22-27(25)26/h4,16-18,20-24H,2-3,5-15,19H2,1H3. The Morgan fingerprint density at radius 1 is 0.704 bits per heavy atom. The van der Waals surface area contributed by atoms with Gasteiger partial charge in [-0.15, -0.1) is 6.58 Å². The lowest BCUT2D eigenvalue weighted by Gasteiger charge is -2.15. The highest BCUT2D eigenvalue weighted by Gasteiger charge is 2.10. The highest BCUT2D eigenvalue weighted by Crippen LogP contribution is 2.30. The Kier molecular flexibility index (Phi) is 10.9. The van der Waals surface area contributed by atoms with Crippen LogP contribution < -0.4 is 0 Å². The van der Waals surface area contributed by atoms with E-state index in [1.165, 1.54) is 99.8 Å². The molecule has 2 aromatic carbocycles. The predicted molar refractivity (Wildman–Crippen MR) is 123 cm³/mol. The van der Waals surface area contributed by atoms with Crippen LogP contribution in [0.3, 0.4) is 0 Å². The maximum absolute atomic E-state index is 4.12. The van der Waals surface area contributed by atoms with Crippen LogP contribution in [0.25, 0.3) is 10.8 Å². The molecule has 2 rings (SSSR count). The van der Waals surface area contributed by atoms with Crippen molar-refractivity contribution in [1.29, 1.82) is 0 Å². The van der Waals surface area contributed by atoms with Gasteiger partial charge in [0, 0.05) is 5.92 Å². The van der Waals surface area contributed by atoms with Crippen molar-refractivity contribution in [2.24, 2.45) is 0 Å². The van der Waals surface area contributed by atoms with Crippen LogP contribution >= 0.6 is 0 Å². The second-order valence-corrected chi connectivity index (χ2v) is 8.09. The van der Waals surface area contributed by atoms with E-state index in [9.17, 15) is 0 Å². The molecule has 0 amide bonds. The molecule has 0 aromatic heterocycles. The topological polar surface area (TPSA) is 0 Å². The molecule has 148 valence electrons. The zero-order valence-electron chi connectivity index (χ0n) is 17.6. The van der Waals surface area contributed by atoms with Gasteiger partial charge in [0.15, 0.2) is 0 Å². The third kappa shape index (κ3) is 7.91. The molecule has 0 saturated carbocycles. The van der Waals surface area contributed by atoms with E-state index in [2.05, 4.69) is 62.0 Å². The van der Waals surface area contributed by atoms with E-state index < -0.39 is 0 Å². The highest BCUT2D eigenvalue weighted by molar-refractivity contribution is 5.86. The van der Waals surface area contributed by atoms with Crippen LogP contribution in [-0.4, -0.2) is 0 Å². The molecule has 0 heterocycles. The molecule has 0 N–H and O–H groups in total. The van der Waals surface area contributed by atoms with Crippen LogP contribution in [0, 0.1) is 0 Å². The summed E-state index contributed by atoms with van der Waals surface area (Å²) in [6.45, 7) is 6.41. The minimum absolute atomic E-state index is 0.485. The van der Waals surface area contributed by atoms with Crippen LogP contribution in [0.1, 0.15) is 102 Å². The first-order valence-electron chi connectivity index (χ1n) is 11.5. The molecule has 0 radical (unpaired) electrons. The van der Waals surface area contributed by atoms with Crippen molar-refractivity contribution in [3.63, 3.8) is 0 Å². The minimum atomic E-state index is 0.485. The summed E-state index contributed by atoms with van der Waals surface area (Å²) >= 11 is 0. The molecule has 0 saturated heterocycles. The molecule has 2 aromatic rings. The van der Waals surface area contributed by atoms with Gasteiger partial charge in [0.2, 0.25) is 0 Å². The van der Waals surface area contributed by atoms with E-state index in [4.69, 9.17) is 0 Å². The molecule has 0 heteroatoms. The molecular weight excluding hydrogens is 324 g/mol. The molecule has 0 fully saturated rings. The van der Waals surface area contributed by atoms with Crippen LogP contribution in [0.5, 0.6) is 0 Å². The predicted octanol–water partition coefficient (Wildman–Crippen LogP) is 9.20. The molecule has 0 aliphatic heterocycles. The molecule has 27 heavy (non-hydrogen) atoms. The Bertz CT molecular complexity index is 634. The first kappa shape index (κ1) is 21.7. The van der Waals surface area contributed by atoms with Gasteiger partial charge < -0.3 is 0 Å². The largest absolute Gasteiger partial charge is 0.102 e. The molecule has 0 nitrogen and oxygen atoms in total. The summed E-state index contributed by atoms with van der Waals surface area (Å²) in [7, 11) is 0. The molecule has 0 bridgehead atoms. The van der Waals surface area contributed by atoms with E-state index in [1.807, 2.05) is 0 Å². The highest BCUT2D eigenvalue weighted by atomic mass is 14.1. The quantitative estimate of drug-likeness (QED) is 0.218. The Morgan fingerprint density at radius 2 is 1.26 bits per heavy atom. The van der Waals surface area contributed by atoms with Crippen LogP contribution in [0.2, 0.25) is 0 Å².